The van der Waals surface area contributed by atoms with E-state index in [1.807, 2.05) is 6.07 Å². The van der Waals surface area contributed by atoms with Gasteiger partial charge in [-0.25, -0.2) is 0 Å². The van der Waals surface area contributed by atoms with Crippen LogP contribution < -0.4 is 0 Å². The summed E-state index contributed by atoms with van der Waals surface area (Å²) in [5.74, 6) is 0.230. The van der Waals surface area contributed by atoms with Crippen molar-refractivity contribution in [3.8, 4) is 10.8 Å². The molecule has 0 aliphatic heterocycles. The van der Waals surface area contributed by atoms with Crippen LogP contribution in [-0.4, -0.2) is 10.2 Å². The van der Waals surface area contributed by atoms with Crippen LogP contribution in [-0.2, 0) is 0 Å². The zero-order chi connectivity index (χ0) is 8.72. The molecule has 0 fully saturated rings. The highest BCUT2D eigenvalue weighted by Gasteiger charge is 2.05. The zero-order valence-electron chi connectivity index (χ0n) is 5.91. The van der Waals surface area contributed by atoms with Crippen LogP contribution >= 0.6 is 33.9 Å². The van der Waals surface area contributed by atoms with Crippen molar-refractivity contribution in [3.63, 3.8) is 0 Å². The Morgan fingerprint density at radius 3 is 2.67 bits per heavy atom. The summed E-state index contributed by atoms with van der Waals surface area (Å²) in [6.07, 6.45) is 0. The second-order valence-corrected chi connectivity index (χ2v) is 4.73. The molecule has 62 valence electrons. The summed E-state index contributed by atoms with van der Waals surface area (Å²) in [6, 6.07) is 5.18. The number of benzene rings is 1. The van der Waals surface area contributed by atoms with E-state index in [-0.39, 0.29) is 10.8 Å². The third-order valence-electron chi connectivity index (χ3n) is 1.57. The summed E-state index contributed by atoms with van der Waals surface area (Å²) < 4.78 is 1.89. The maximum absolute atomic E-state index is 9.46. The third-order valence-corrected chi connectivity index (χ3v) is 3.07. The first-order valence-electron chi connectivity index (χ1n) is 3.28. The highest BCUT2D eigenvalue weighted by atomic mass is 127. The Labute approximate surface area is 86.6 Å². The van der Waals surface area contributed by atoms with Crippen LogP contribution in [0, 0.1) is 3.57 Å². The normalized spacial score (nSPS) is 10.8. The highest BCUT2D eigenvalue weighted by Crippen LogP contribution is 2.36. The predicted octanol–water partition coefficient (Wildman–Crippen LogP) is 2.92. The molecule has 0 aliphatic carbocycles. The molecule has 1 aromatic carbocycles. The molecule has 2 rings (SSSR count). The number of aromatic hydroxyl groups is 2. The fourth-order valence-electron chi connectivity index (χ4n) is 1.07. The average Bonchev–Trinajstić information content (AvgIpc) is 2.29. The van der Waals surface area contributed by atoms with Crippen molar-refractivity contribution in [1.82, 2.24) is 0 Å². The Morgan fingerprint density at radius 1 is 1.17 bits per heavy atom. The smallest absolute Gasteiger partial charge is 0.172 e. The number of hydrogen-bond acceptors (Lipinski definition) is 3. The van der Waals surface area contributed by atoms with E-state index < -0.39 is 0 Å². The van der Waals surface area contributed by atoms with Crippen molar-refractivity contribution in [1.29, 1.82) is 0 Å². The van der Waals surface area contributed by atoms with Gasteiger partial charge in [-0.15, -0.1) is 0 Å². The molecule has 0 aliphatic rings. The van der Waals surface area contributed by atoms with E-state index in [0.717, 1.165) is 13.7 Å². The standard InChI is InChI=1S/C8H5IO2S/c9-4-1-6(10)5-3-8(11)12-7(5)2-4/h1-3,10-11H. The Kier molecular flexibility index (Phi) is 1.88. The van der Waals surface area contributed by atoms with E-state index >= 15 is 0 Å². The Morgan fingerprint density at radius 2 is 1.92 bits per heavy atom. The van der Waals surface area contributed by atoms with Crippen LogP contribution in [0.2, 0.25) is 0 Å². The van der Waals surface area contributed by atoms with Gasteiger partial charge in [-0.2, -0.15) is 0 Å². The number of phenolic OH excluding ortho intramolecular Hbond substituents is 1. The number of fused-ring (bicyclic) bond motifs is 1. The van der Waals surface area contributed by atoms with Gasteiger partial charge in [0, 0.05) is 19.7 Å². The quantitative estimate of drug-likeness (QED) is 0.733. The lowest BCUT2D eigenvalue weighted by Crippen LogP contribution is -1.70. The SMILES string of the molecule is Oc1cc2c(O)cc(I)cc2s1. The molecule has 0 radical (unpaired) electrons. The number of hydrogen-bond donors (Lipinski definition) is 2. The van der Waals surface area contributed by atoms with Gasteiger partial charge in [-0.3, -0.25) is 0 Å². The van der Waals surface area contributed by atoms with E-state index in [4.69, 9.17) is 0 Å². The first-order chi connectivity index (χ1) is 5.66. The molecule has 4 heteroatoms. The van der Waals surface area contributed by atoms with Crippen LogP contribution in [0.1, 0.15) is 0 Å². The van der Waals surface area contributed by atoms with E-state index in [0.29, 0.717) is 0 Å². The van der Waals surface area contributed by atoms with Crippen LogP contribution in [0.3, 0.4) is 0 Å². The molecule has 0 saturated carbocycles. The largest absolute Gasteiger partial charge is 0.507 e. The lowest BCUT2D eigenvalue weighted by Gasteiger charge is -1.94. The molecule has 0 bridgehead atoms. The van der Waals surface area contributed by atoms with Gasteiger partial charge in [0.15, 0.2) is 5.06 Å². The second-order valence-electron chi connectivity index (χ2n) is 2.42. The molecule has 0 saturated heterocycles. The first-order valence-corrected chi connectivity index (χ1v) is 5.17. The molecule has 0 atom stereocenters. The number of rotatable bonds is 0. The van der Waals surface area contributed by atoms with Gasteiger partial charge in [0.2, 0.25) is 0 Å². The van der Waals surface area contributed by atoms with Crippen LogP contribution in [0.25, 0.3) is 10.1 Å². The average molecular weight is 292 g/mol. The number of phenols is 1. The van der Waals surface area contributed by atoms with Gasteiger partial charge in [-0.1, -0.05) is 11.3 Å². The van der Waals surface area contributed by atoms with E-state index in [1.165, 1.54) is 11.3 Å². The Hall–Kier alpha value is -0.490. The topological polar surface area (TPSA) is 40.5 Å². The van der Waals surface area contributed by atoms with Gasteiger partial charge >= 0.3 is 0 Å². The van der Waals surface area contributed by atoms with Crippen molar-refractivity contribution >= 4 is 44.0 Å². The molecule has 0 unspecified atom stereocenters. The molecular formula is C8H5IO2S. The van der Waals surface area contributed by atoms with Crippen molar-refractivity contribution in [2.75, 3.05) is 0 Å². The molecular weight excluding hydrogens is 287 g/mol. The Balaban J connectivity index is 2.88. The molecule has 1 heterocycles. The Bertz CT molecular complexity index is 436. The minimum atomic E-state index is 0.230. The fraction of sp³-hybridized carbons (Fsp3) is 0. The molecule has 0 amide bonds. The van der Waals surface area contributed by atoms with Crippen LogP contribution in [0.4, 0.5) is 0 Å². The molecule has 1 aromatic heterocycles. The van der Waals surface area contributed by atoms with Crippen molar-refractivity contribution in [2.24, 2.45) is 0 Å². The van der Waals surface area contributed by atoms with Crippen molar-refractivity contribution in [3.05, 3.63) is 21.8 Å². The zero-order valence-corrected chi connectivity index (χ0v) is 8.89. The molecule has 12 heavy (non-hydrogen) atoms. The predicted molar refractivity (Wildman–Crippen MR) is 57.9 cm³/mol. The lowest BCUT2D eigenvalue weighted by atomic mass is 10.2. The third kappa shape index (κ3) is 1.25. The minimum absolute atomic E-state index is 0.230. The second kappa shape index (κ2) is 2.77. The van der Waals surface area contributed by atoms with E-state index in [9.17, 15) is 10.2 Å². The van der Waals surface area contributed by atoms with Gasteiger partial charge in [0.05, 0.1) is 0 Å². The van der Waals surface area contributed by atoms with Crippen LogP contribution in [0.5, 0.6) is 10.8 Å². The van der Waals surface area contributed by atoms with Crippen LogP contribution in [0.15, 0.2) is 18.2 Å². The summed E-state index contributed by atoms with van der Waals surface area (Å²) >= 11 is 3.40. The first kappa shape index (κ1) is 8.12. The maximum atomic E-state index is 9.46. The summed E-state index contributed by atoms with van der Waals surface area (Å²) in [5, 5.41) is 19.6. The molecule has 2 aromatic rings. The van der Waals surface area contributed by atoms with Crippen molar-refractivity contribution < 1.29 is 10.2 Å². The van der Waals surface area contributed by atoms with E-state index in [1.54, 1.807) is 12.1 Å². The summed E-state index contributed by atoms with van der Waals surface area (Å²) in [4.78, 5) is 0. The van der Waals surface area contributed by atoms with Gasteiger partial charge in [0.1, 0.15) is 5.75 Å². The molecule has 0 spiro atoms. The monoisotopic (exact) mass is 292 g/mol. The number of halogens is 1. The molecule has 2 nitrogen and oxygen atoms in total. The summed E-state index contributed by atoms with van der Waals surface area (Å²) in [7, 11) is 0. The maximum Gasteiger partial charge on any atom is 0.172 e. The lowest BCUT2D eigenvalue weighted by molar-refractivity contribution is 0.479. The summed E-state index contributed by atoms with van der Waals surface area (Å²) in [5.41, 5.74) is 0. The van der Waals surface area contributed by atoms with Crippen molar-refractivity contribution in [2.45, 2.75) is 0 Å². The van der Waals surface area contributed by atoms with Gasteiger partial charge < -0.3 is 10.2 Å². The summed E-state index contributed by atoms with van der Waals surface area (Å²) in [6.45, 7) is 0. The highest BCUT2D eigenvalue weighted by molar-refractivity contribution is 14.1. The number of thiophene rings is 1. The van der Waals surface area contributed by atoms with Gasteiger partial charge in [0.25, 0.3) is 0 Å². The van der Waals surface area contributed by atoms with Gasteiger partial charge in [-0.05, 0) is 34.7 Å². The minimum Gasteiger partial charge on any atom is -0.507 e. The molecule has 2 N–H and O–H groups in total. The van der Waals surface area contributed by atoms with E-state index in [2.05, 4.69) is 22.6 Å². The fourth-order valence-corrected chi connectivity index (χ4v) is 2.75.